The zero-order valence-electron chi connectivity index (χ0n) is 10.6. The molecule has 1 aromatic carbocycles. The Labute approximate surface area is 125 Å². The van der Waals surface area contributed by atoms with E-state index in [4.69, 9.17) is 9.05 Å². The molecule has 0 bridgehead atoms. The van der Waals surface area contributed by atoms with Crippen molar-refractivity contribution in [2.45, 2.75) is 17.5 Å². The van der Waals surface area contributed by atoms with Crippen LogP contribution in [0.5, 0.6) is 0 Å². The number of nitro groups is 1. The van der Waals surface area contributed by atoms with Crippen LogP contribution in [-0.2, 0) is 13.6 Å². The molecule has 0 fully saturated rings. The molecular formula is C11H15INO5P. The number of rotatable bonds is 7. The summed E-state index contributed by atoms with van der Waals surface area (Å²) in [5.41, 5.74) is 0.264. The van der Waals surface area contributed by atoms with Crippen molar-refractivity contribution in [3.63, 3.8) is 0 Å². The van der Waals surface area contributed by atoms with Gasteiger partial charge in [0.15, 0.2) is 0 Å². The van der Waals surface area contributed by atoms with Gasteiger partial charge in [0.2, 0.25) is 0 Å². The van der Waals surface area contributed by atoms with Crippen LogP contribution >= 0.6 is 30.2 Å². The molecular weight excluding hydrogens is 384 g/mol. The average Bonchev–Trinajstić information content (AvgIpc) is 2.38. The molecule has 0 radical (unpaired) electrons. The highest BCUT2D eigenvalue weighted by Crippen LogP contribution is 2.65. The maximum atomic E-state index is 12.6. The van der Waals surface area contributed by atoms with Gasteiger partial charge >= 0.3 is 7.60 Å². The van der Waals surface area contributed by atoms with E-state index in [1.165, 1.54) is 6.07 Å². The second kappa shape index (κ2) is 7.33. The summed E-state index contributed by atoms with van der Waals surface area (Å²) in [5, 5.41) is 11.0. The van der Waals surface area contributed by atoms with Crippen molar-refractivity contribution >= 4 is 35.9 Å². The Bertz CT molecular complexity index is 486. The highest BCUT2D eigenvalue weighted by atomic mass is 127. The van der Waals surface area contributed by atoms with Gasteiger partial charge in [0.1, 0.15) is 3.67 Å². The Morgan fingerprint density at radius 3 is 2.32 bits per heavy atom. The molecule has 19 heavy (non-hydrogen) atoms. The molecule has 1 unspecified atom stereocenters. The van der Waals surface area contributed by atoms with E-state index in [9.17, 15) is 14.7 Å². The Kier molecular flexibility index (Phi) is 6.38. The zero-order chi connectivity index (χ0) is 14.5. The standard InChI is InChI=1S/C11H15INO5P/c1-3-17-19(16,18-4-2)11(12)9-7-5-6-8-10(9)13(14)15/h5-8,11H,3-4H2,1-2H3. The van der Waals surface area contributed by atoms with Crippen LogP contribution < -0.4 is 0 Å². The van der Waals surface area contributed by atoms with Gasteiger partial charge < -0.3 is 9.05 Å². The van der Waals surface area contributed by atoms with Gasteiger partial charge in [-0.2, -0.15) is 0 Å². The summed E-state index contributed by atoms with van der Waals surface area (Å²) in [7, 11) is -3.42. The second-order valence-corrected chi connectivity index (χ2v) is 7.87. The van der Waals surface area contributed by atoms with Gasteiger partial charge in [0.25, 0.3) is 5.69 Å². The molecule has 106 valence electrons. The number of halogens is 1. The lowest BCUT2D eigenvalue weighted by Gasteiger charge is -2.22. The Morgan fingerprint density at radius 2 is 1.84 bits per heavy atom. The van der Waals surface area contributed by atoms with Gasteiger partial charge in [-0.1, -0.05) is 40.8 Å². The maximum absolute atomic E-state index is 12.6. The van der Waals surface area contributed by atoms with Gasteiger partial charge in [-0.3, -0.25) is 14.7 Å². The molecule has 8 heteroatoms. The fourth-order valence-electron chi connectivity index (χ4n) is 1.55. The molecule has 0 saturated carbocycles. The summed E-state index contributed by atoms with van der Waals surface area (Å²) in [4.78, 5) is 10.5. The smallest absolute Gasteiger partial charge is 0.308 e. The Morgan fingerprint density at radius 1 is 1.32 bits per heavy atom. The van der Waals surface area contributed by atoms with Crippen LogP contribution in [0.2, 0.25) is 0 Å². The molecule has 1 aromatic rings. The van der Waals surface area contributed by atoms with E-state index in [0.29, 0.717) is 5.56 Å². The maximum Gasteiger partial charge on any atom is 0.348 e. The minimum Gasteiger partial charge on any atom is -0.308 e. The Hall–Kier alpha value is -0.500. The number of nitro benzene ring substituents is 1. The lowest BCUT2D eigenvalue weighted by Crippen LogP contribution is -2.04. The zero-order valence-corrected chi connectivity index (χ0v) is 13.7. The number of hydrogen-bond acceptors (Lipinski definition) is 5. The minimum atomic E-state index is -3.42. The van der Waals surface area contributed by atoms with Crippen LogP contribution in [0.15, 0.2) is 24.3 Å². The highest BCUT2D eigenvalue weighted by Gasteiger charge is 2.38. The summed E-state index contributed by atoms with van der Waals surface area (Å²) in [6, 6.07) is 6.18. The van der Waals surface area contributed by atoms with Crippen LogP contribution in [0, 0.1) is 10.1 Å². The van der Waals surface area contributed by atoms with Crippen molar-refractivity contribution in [3.05, 3.63) is 39.9 Å². The molecule has 0 aromatic heterocycles. The van der Waals surface area contributed by atoms with E-state index in [1.807, 2.05) is 22.6 Å². The fourth-order valence-corrected chi connectivity index (χ4v) is 4.66. The lowest BCUT2D eigenvalue weighted by molar-refractivity contribution is -0.385. The highest BCUT2D eigenvalue weighted by molar-refractivity contribution is 14.1. The SMILES string of the molecule is CCOP(=O)(OCC)C(I)c1ccccc1[N+](=O)[O-]. The number of nitrogens with zero attached hydrogens (tertiary/aromatic N) is 1. The fraction of sp³-hybridized carbons (Fsp3) is 0.455. The first-order valence-electron chi connectivity index (χ1n) is 5.72. The predicted octanol–water partition coefficient (Wildman–Crippen LogP) is 4.29. The van der Waals surface area contributed by atoms with Crippen LogP contribution in [0.3, 0.4) is 0 Å². The molecule has 0 aliphatic heterocycles. The number of alkyl halides is 1. The van der Waals surface area contributed by atoms with E-state index < -0.39 is 16.2 Å². The first-order chi connectivity index (χ1) is 8.96. The molecule has 1 rings (SSSR count). The largest absolute Gasteiger partial charge is 0.348 e. The second-order valence-electron chi connectivity index (χ2n) is 3.53. The lowest BCUT2D eigenvalue weighted by atomic mass is 10.2. The van der Waals surface area contributed by atoms with Crippen molar-refractivity contribution in [1.82, 2.24) is 0 Å². The van der Waals surface area contributed by atoms with E-state index in [0.717, 1.165) is 0 Å². The molecule has 0 saturated heterocycles. The number of benzene rings is 1. The minimum absolute atomic E-state index is 0.0819. The predicted molar refractivity (Wildman–Crippen MR) is 80.7 cm³/mol. The molecule has 0 spiro atoms. The van der Waals surface area contributed by atoms with Gasteiger partial charge in [-0.15, -0.1) is 0 Å². The van der Waals surface area contributed by atoms with E-state index in [-0.39, 0.29) is 18.9 Å². The topological polar surface area (TPSA) is 78.7 Å². The summed E-state index contributed by atoms with van der Waals surface area (Å²) in [6.07, 6.45) is 0. The first-order valence-corrected chi connectivity index (χ1v) is 8.58. The van der Waals surface area contributed by atoms with E-state index in [1.54, 1.807) is 32.0 Å². The first kappa shape index (κ1) is 16.6. The Balaban J connectivity index is 3.20. The van der Waals surface area contributed by atoms with Crippen molar-refractivity contribution in [3.8, 4) is 0 Å². The number of hydrogen-bond donors (Lipinski definition) is 0. The third kappa shape index (κ3) is 3.98. The van der Waals surface area contributed by atoms with Gasteiger partial charge in [0.05, 0.1) is 23.7 Å². The molecule has 0 aliphatic rings. The van der Waals surface area contributed by atoms with Crippen LogP contribution in [0.1, 0.15) is 23.1 Å². The van der Waals surface area contributed by atoms with Gasteiger partial charge in [-0.25, -0.2) is 0 Å². The number of para-hydroxylation sites is 1. The summed E-state index contributed by atoms with van der Waals surface area (Å²) >= 11 is 1.87. The van der Waals surface area contributed by atoms with Crippen molar-refractivity contribution in [1.29, 1.82) is 0 Å². The van der Waals surface area contributed by atoms with E-state index >= 15 is 0 Å². The third-order valence-electron chi connectivity index (χ3n) is 2.29. The van der Waals surface area contributed by atoms with Crippen molar-refractivity contribution in [2.75, 3.05) is 13.2 Å². The molecule has 0 aliphatic carbocycles. The van der Waals surface area contributed by atoms with Crippen molar-refractivity contribution < 1.29 is 18.5 Å². The summed E-state index contributed by atoms with van der Waals surface area (Å²) in [5.74, 6) is 0. The van der Waals surface area contributed by atoms with E-state index in [2.05, 4.69) is 0 Å². The summed E-state index contributed by atoms with van der Waals surface area (Å²) < 4.78 is 22.3. The third-order valence-corrected chi connectivity index (χ3v) is 7.07. The molecule has 1 atom stereocenters. The van der Waals surface area contributed by atoms with Gasteiger partial charge in [0, 0.05) is 6.07 Å². The average molecular weight is 399 g/mol. The molecule has 0 amide bonds. The molecule has 0 heterocycles. The van der Waals surface area contributed by atoms with Crippen LogP contribution in [0.25, 0.3) is 0 Å². The molecule has 0 N–H and O–H groups in total. The monoisotopic (exact) mass is 399 g/mol. The van der Waals surface area contributed by atoms with Crippen LogP contribution in [-0.4, -0.2) is 18.1 Å². The normalized spacial score (nSPS) is 13.2. The van der Waals surface area contributed by atoms with Crippen molar-refractivity contribution in [2.24, 2.45) is 0 Å². The quantitative estimate of drug-likeness (QED) is 0.225. The van der Waals surface area contributed by atoms with Gasteiger partial charge in [-0.05, 0) is 13.8 Å². The molecule has 6 nitrogen and oxygen atoms in total. The van der Waals surface area contributed by atoms with Crippen LogP contribution in [0.4, 0.5) is 5.69 Å². The summed E-state index contributed by atoms with van der Waals surface area (Å²) in [6.45, 7) is 3.84.